The van der Waals surface area contributed by atoms with E-state index in [4.69, 9.17) is 4.74 Å². The summed E-state index contributed by atoms with van der Waals surface area (Å²) in [6.07, 6.45) is 0. The number of carbonyl (C=O) groups excluding carboxylic acids is 2. The van der Waals surface area contributed by atoms with Gasteiger partial charge in [-0.1, -0.05) is 0 Å². The second-order valence-corrected chi connectivity index (χ2v) is 7.53. The average molecular weight is 428 g/mol. The van der Waals surface area contributed by atoms with Crippen molar-refractivity contribution < 1.29 is 18.7 Å². The Hall–Kier alpha value is -3.46. The third-order valence-corrected chi connectivity index (χ3v) is 4.75. The van der Waals surface area contributed by atoms with Crippen LogP contribution in [0.4, 0.5) is 20.0 Å². The molecule has 156 valence electrons. The number of hydrogen-bond acceptors (Lipinski definition) is 5. The smallest absolute Gasteiger partial charge is 0.319 e. The van der Waals surface area contributed by atoms with Crippen LogP contribution in [0, 0.1) is 5.82 Å². The second-order valence-electron chi connectivity index (χ2n) is 6.67. The molecule has 3 N–H and O–H groups in total. The van der Waals surface area contributed by atoms with Crippen LogP contribution in [0.3, 0.4) is 0 Å². The molecule has 3 rings (SSSR count). The molecule has 0 saturated carbocycles. The van der Waals surface area contributed by atoms with Crippen molar-refractivity contribution in [2.75, 3.05) is 17.7 Å². The van der Waals surface area contributed by atoms with Gasteiger partial charge in [0.1, 0.15) is 0 Å². The zero-order chi connectivity index (χ0) is 21.7. The summed E-state index contributed by atoms with van der Waals surface area (Å²) in [6.45, 7) is 3.73. The maximum atomic E-state index is 13.9. The van der Waals surface area contributed by atoms with Crippen LogP contribution in [-0.2, 0) is 0 Å². The van der Waals surface area contributed by atoms with Crippen molar-refractivity contribution in [1.82, 2.24) is 10.3 Å². The summed E-state index contributed by atoms with van der Waals surface area (Å²) in [5, 5.41) is 10.3. The highest BCUT2D eigenvalue weighted by Gasteiger charge is 2.12. The number of carbonyl (C=O) groups is 2. The molecule has 0 atom stereocenters. The highest BCUT2D eigenvalue weighted by Crippen LogP contribution is 2.28. The Morgan fingerprint density at radius 2 is 1.83 bits per heavy atom. The van der Waals surface area contributed by atoms with Gasteiger partial charge >= 0.3 is 6.03 Å². The fourth-order valence-electron chi connectivity index (χ4n) is 2.59. The van der Waals surface area contributed by atoms with Crippen molar-refractivity contribution >= 4 is 34.1 Å². The SMILES string of the molecule is COc1ccc(-c2csc(NC(=O)c3ccc(NC(=O)NC(C)C)cc3)n2)cc1F. The Kier molecular flexibility index (Phi) is 6.63. The largest absolute Gasteiger partial charge is 0.494 e. The van der Waals surface area contributed by atoms with E-state index in [0.717, 1.165) is 0 Å². The molecule has 0 unspecified atom stereocenters. The van der Waals surface area contributed by atoms with Gasteiger partial charge in [0.2, 0.25) is 0 Å². The van der Waals surface area contributed by atoms with E-state index >= 15 is 0 Å². The van der Waals surface area contributed by atoms with E-state index in [0.29, 0.717) is 27.6 Å². The molecule has 0 radical (unpaired) electrons. The van der Waals surface area contributed by atoms with Gasteiger partial charge in [0, 0.05) is 28.2 Å². The summed E-state index contributed by atoms with van der Waals surface area (Å²) in [5.74, 6) is -0.665. The van der Waals surface area contributed by atoms with E-state index in [1.54, 1.807) is 35.7 Å². The van der Waals surface area contributed by atoms with Crippen molar-refractivity contribution in [1.29, 1.82) is 0 Å². The number of aromatic nitrogens is 1. The van der Waals surface area contributed by atoms with Crippen LogP contribution >= 0.6 is 11.3 Å². The molecule has 30 heavy (non-hydrogen) atoms. The predicted octanol–water partition coefficient (Wildman–Crippen LogP) is 4.74. The van der Waals surface area contributed by atoms with Gasteiger partial charge in [0.25, 0.3) is 5.91 Å². The molecular formula is C21H21FN4O3S. The summed E-state index contributed by atoms with van der Waals surface area (Å²) in [4.78, 5) is 28.5. The number of halogens is 1. The summed E-state index contributed by atoms with van der Waals surface area (Å²) in [6, 6.07) is 10.8. The molecule has 0 aliphatic heterocycles. The molecule has 1 aromatic heterocycles. The zero-order valence-electron chi connectivity index (χ0n) is 16.7. The van der Waals surface area contributed by atoms with Gasteiger partial charge in [0.05, 0.1) is 12.8 Å². The fourth-order valence-corrected chi connectivity index (χ4v) is 3.31. The van der Waals surface area contributed by atoms with Crippen LogP contribution in [-0.4, -0.2) is 30.1 Å². The van der Waals surface area contributed by atoms with Crippen molar-refractivity contribution in [3.05, 3.63) is 59.2 Å². The summed E-state index contributed by atoms with van der Waals surface area (Å²) in [5.41, 5.74) is 2.12. The van der Waals surface area contributed by atoms with Crippen molar-refractivity contribution in [2.24, 2.45) is 0 Å². The van der Waals surface area contributed by atoms with Crippen LogP contribution in [0.15, 0.2) is 47.8 Å². The average Bonchev–Trinajstić information content (AvgIpc) is 3.16. The molecule has 0 bridgehead atoms. The Balaban J connectivity index is 1.64. The molecule has 9 heteroatoms. The number of rotatable bonds is 6. The first-order valence-electron chi connectivity index (χ1n) is 9.14. The monoisotopic (exact) mass is 428 g/mol. The van der Waals surface area contributed by atoms with Gasteiger partial charge in [0.15, 0.2) is 16.7 Å². The summed E-state index contributed by atoms with van der Waals surface area (Å²) < 4.78 is 18.8. The number of hydrogen-bond donors (Lipinski definition) is 3. The standard InChI is InChI=1S/C21H21FN4O3S/c1-12(2)23-20(28)24-15-7-4-13(5-8-15)19(27)26-21-25-17(11-30-21)14-6-9-18(29-3)16(22)10-14/h4-12H,1-3H3,(H2,23,24,28)(H,25,26,27). The molecule has 3 aromatic rings. The Bertz CT molecular complexity index is 1050. The highest BCUT2D eigenvalue weighted by molar-refractivity contribution is 7.14. The van der Waals surface area contributed by atoms with Crippen LogP contribution in [0.1, 0.15) is 24.2 Å². The number of ether oxygens (including phenoxy) is 1. The number of thiazole rings is 1. The summed E-state index contributed by atoms with van der Waals surface area (Å²) >= 11 is 1.24. The van der Waals surface area contributed by atoms with Crippen LogP contribution < -0.4 is 20.7 Å². The zero-order valence-corrected chi connectivity index (χ0v) is 17.5. The van der Waals surface area contributed by atoms with Crippen molar-refractivity contribution in [3.63, 3.8) is 0 Å². The number of anilines is 2. The lowest BCUT2D eigenvalue weighted by atomic mass is 10.1. The molecule has 0 spiro atoms. The van der Waals surface area contributed by atoms with Crippen LogP contribution in [0.5, 0.6) is 5.75 Å². The third kappa shape index (κ3) is 5.32. The lowest BCUT2D eigenvalue weighted by Crippen LogP contribution is -2.34. The Labute approximate surface area is 177 Å². The molecule has 0 aliphatic carbocycles. The highest BCUT2D eigenvalue weighted by atomic mass is 32.1. The molecule has 7 nitrogen and oxygen atoms in total. The normalized spacial score (nSPS) is 10.6. The van der Waals surface area contributed by atoms with Gasteiger partial charge in [-0.05, 0) is 56.3 Å². The first-order chi connectivity index (χ1) is 14.4. The van der Waals surface area contributed by atoms with E-state index < -0.39 is 5.82 Å². The van der Waals surface area contributed by atoms with Crippen molar-refractivity contribution in [2.45, 2.75) is 19.9 Å². The second kappa shape index (κ2) is 9.36. The van der Waals surface area contributed by atoms with Gasteiger partial charge < -0.3 is 15.4 Å². The van der Waals surface area contributed by atoms with E-state index in [1.807, 2.05) is 13.8 Å². The van der Waals surface area contributed by atoms with Crippen LogP contribution in [0.25, 0.3) is 11.3 Å². The lowest BCUT2D eigenvalue weighted by Gasteiger charge is -2.10. The molecule has 3 amide bonds. The number of methoxy groups -OCH3 is 1. The Morgan fingerprint density at radius 1 is 1.10 bits per heavy atom. The molecule has 0 saturated heterocycles. The van der Waals surface area contributed by atoms with E-state index in [1.165, 1.54) is 30.6 Å². The van der Waals surface area contributed by atoms with E-state index in [-0.39, 0.29) is 23.7 Å². The van der Waals surface area contributed by atoms with Crippen LogP contribution in [0.2, 0.25) is 0 Å². The third-order valence-electron chi connectivity index (χ3n) is 4.00. The molecule has 0 fully saturated rings. The maximum Gasteiger partial charge on any atom is 0.319 e. The van der Waals surface area contributed by atoms with Gasteiger partial charge in [-0.3, -0.25) is 10.1 Å². The minimum Gasteiger partial charge on any atom is -0.494 e. The van der Waals surface area contributed by atoms with Gasteiger partial charge in [-0.2, -0.15) is 0 Å². The minimum atomic E-state index is -0.482. The number of benzene rings is 2. The topological polar surface area (TPSA) is 92.4 Å². The first kappa shape index (κ1) is 21.3. The molecule has 0 aliphatic rings. The van der Waals surface area contributed by atoms with Crippen molar-refractivity contribution in [3.8, 4) is 17.0 Å². The molecule has 1 heterocycles. The number of urea groups is 1. The minimum absolute atomic E-state index is 0.0210. The van der Waals surface area contributed by atoms with Gasteiger partial charge in [-0.25, -0.2) is 14.2 Å². The fraction of sp³-hybridized carbons (Fsp3) is 0.190. The number of amides is 3. The van der Waals surface area contributed by atoms with E-state index in [9.17, 15) is 14.0 Å². The number of nitrogens with one attached hydrogen (secondary N) is 3. The number of nitrogens with zero attached hydrogens (tertiary/aromatic N) is 1. The molecular weight excluding hydrogens is 407 g/mol. The Morgan fingerprint density at radius 3 is 2.47 bits per heavy atom. The van der Waals surface area contributed by atoms with Gasteiger partial charge in [-0.15, -0.1) is 11.3 Å². The lowest BCUT2D eigenvalue weighted by molar-refractivity contribution is 0.102. The van der Waals surface area contributed by atoms with E-state index in [2.05, 4.69) is 20.9 Å². The molecule has 2 aromatic carbocycles. The quantitative estimate of drug-likeness (QED) is 0.529. The predicted molar refractivity (Wildman–Crippen MR) is 116 cm³/mol. The maximum absolute atomic E-state index is 13.9. The first-order valence-corrected chi connectivity index (χ1v) is 10.0. The summed E-state index contributed by atoms with van der Waals surface area (Å²) in [7, 11) is 1.40.